The fraction of sp³-hybridized carbons (Fsp3) is 0.467. The van der Waals surface area contributed by atoms with E-state index < -0.39 is 27.2 Å². The topological polar surface area (TPSA) is 130 Å². The molecule has 0 amide bonds. The van der Waals surface area contributed by atoms with Crippen molar-refractivity contribution >= 4 is 21.1 Å². The minimum absolute atomic E-state index is 0.00978. The van der Waals surface area contributed by atoms with E-state index in [-0.39, 0.29) is 16.5 Å². The second-order valence-corrected chi connectivity index (χ2v) is 7.41. The van der Waals surface area contributed by atoms with Gasteiger partial charge in [-0.3, -0.25) is 9.59 Å². The van der Waals surface area contributed by atoms with Crippen LogP contribution in [-0.4, -0.2) is 50.4 Å². The largest absolute Gasteiger partial charge is 0.379 e. The maximum absolute atomic E-state index is 12.7. The molecule has 0 unspecified atom stereocenters. The number of hydrogen-bond acceptors (Lipinski definition) is 6. The first-order valence-corrected chi connectivity index (χ1v) is 9.37. The van der Waals surface area contributed by atoms with Gasteiger partial charge in [-0.15, -0.1) is 0 Å². The van der Waals surface area contributed by atoms with Crippen molar-refractivity contribution in [2.24, 2.45) is 0 Å². The minimum atomic E-state index is -3.83. The summed E-state index contributed by atoms with van der Waals surface area (Å²) in [5.41, 5.74) is -1.04. The summed E-state index contributed by atoms with van der Waals surface area (Å²) in [4.78, 5) is 27.5. The third kappa shape index (κ3) is 3.82. The summed E-state index contributed by atoms with van der Waals surface area (Å²) in [5.74, 6) is 0. The van der Waals surface area contributed by atoms with E-state index in [0.717, 1.165) is 0 Å². The molecule has 1 aliphatic rings. The fourth-order valence-corrected chi connectivity index (χ4v) is 4.08. The van der Waals surface area contributed by atoms with Crippen LogP contribution in [0.15, 0.2) is 32.7 Å². The Bertz CT molecular complexity index is 979. The lowest BCUT2D eigenvalue weighted by Gasteiger charge is -2.31. The maximum atomic E-state index is 12.7. The van der Waals surface area contributed by atoms with Gasteiger partial charge in [0.1, 0.15) is 0 Å². The van der Waals surface area contributed by atoms with Crippen molar-refractivity contribution in [2.75, 3.05) is 19.8 Å². The van der Waals surface area contributed by atoms with Gasteiger partial charge in [0.15, 0.2) is 0 Å². The van der Waals surface area contributed by atoms with E-state index >= 15 is 0 Å². The Morgan fingerprint density at radius 3 is 2.68 bits per heavy atom. The highest BCUT2D eigenvalue weighted by Gasteiger charge is 2.30. The average molecular weight is 369 g/mol. The lowest BCUT2D eigenvalue weighted by atomic mass is 10.1. The van der Waals surface area contributed by atoms with Crippen molar-refractivity contribution in [1.82, 2.24) is 14.7 Å². The zero-order valence-corrected chi connectivity index (χ0v) is 14.4. The molecular formula is C15H19N3O6S. The average Bonchev–Trinajstić information content (AvgIpc) is 2.57. The molecule has 3 rings (SSSR count). The van der Waals surface area contributed by atoms with Crippen LogP contribution in [0.5, 0.6) is 0 Å². The van der Waals surface area contributed by atoms with Crippen molar-refractivity contribution < 1.29 is 17.9 Å². The smallest absolute Gasteiger partial charge is 0.314 e. The number of hydrogen-bond donors (Lipinski definition) is 3. The lowest BCUT2D eigenvalue weighted by molar-refractivity contribution is -0.0605. The van der Waals surface area contributed by atoms with Gasteiger partial charge in [-0.1, -0.05) is 0 Å². The van der Waals surface area contributed by atoms with Crippen LogP contribution < -0.4 is 15.8 Å². The van der Waals surface area contributed by atoms with Crippen molar-refractivity contribution in [3.63, 3.8) is 0 Å². The normalized spacial score (nSPS) is 21.5. The summed E-state index contributed by atoms with van der Waals surface area (Å²) in [5, 5.41) is 0. The molecule has 9 nitrogen and oxygen atoms in total. The first-order valence-electron chi connectivity index (χ1n) is 7.89. The molecule has 3 N–H and O–H groups in total. The number of ether oxygens (including phenoxy) is 2. The van der Waals surface area contributed by atoms with E-state index in [1.165, 1.54) is 18.2 Å². The second kappa shape index (κ2) is 7.08. The molecule has 2 atom stereocenters. The van der Waals surface area contributed by atoms with Crippen LogP contribution in [0.25, 0.3) is 11.0 Å². The van der Waals surface area contributed by atoms with Crippen LogP contribution in [0.4, 0.5) is 0 Å². The molecule has 10 heteroatoms. The number of fused-ring (bicyclic) bond motifs is 1. The molecule has 2 heterocycles. The quantitative estimate of drug-likeness (QED) is 0.620. The molecule has 136 valence electrons. The molecular weight excluding hydrogens is 350 g/mol. The molecule has 1 aromatic heterocycles. The van der Waals surface area contributed by atoms with Gasteiger partial charge < -0.3 is 19.4 Å². The minimum Gasteiger partial charge on any atom is -0.379 e. The van der Waals surface area contributed by atoms with Crippen LogP contribution in [0, 0.1) is 0 Å². The van der Waals surface area contributed by atoms with E-state index in [2.05, 4.69) is 14.7 Å². The number of aromatic amines is 2. The highest BCUT2D eigenvalue weighted by molar-refractivity contribution is 7.89. The Hall–Kier alpha value is -2.01. The van der Waals surface area contributed by atoms with Crippen molar-refractivity contribution in [3.05, 3.63) is 38.9 Å². The standard InChI is InChI=1S/C15H19N3O6S/c1-2-24-13-8-23-6-5-11(13)18-25(21,22)9-3-4-10-12(7-9)17-15(20)14(19)16-10/h3-4,7,11,13,18H,2,5-6,8H2,1H3,(H,16,19)(H,17,20)/t11-,13-/m1/s1. The molecule has 25 heavy (non-hydrogen) atoms. The van der Waals surface area contributed by atoms with Crippen LogP contribution in [0.1, 0.15) is 13.3 Å². The van der Waals surface area contributed by atoms with Crippen molar-refractivity contribution in [2.45, 2.75) is 30.4 Å². The lowest BCUT2D eigenvalue weighted by Crippen LogP contribution is -2.49. The number of H-pyrrole nitrogens is 2. The molecule has 1 aromatic carbocycles. The number of sulfonamides is 1. The van der Waals surface area contributed by atoms with E-state index in [4.69, 9.17) is 9.47 Å². The maximum Gasteiger partial charge on any atom is 0.314 e. The van der Waals surface area contributed by atoms with Gasteiger partial charge in [0.25, 0.3) is 0 Å². The molecule has 1 saturated heterocycles. The zero-order chi connectivity index (χ0) is 18.0. The Kier molecular flexibility index (Phi) is 5.04. The van der Waals surface area contributed by atoms with E-state index in [1.54, 1.807) is 0 Å². The highest BCUT2D eigenvalue weighted by Crippen LogP contribution is 2.18. The van der Waals surface area contributed by atoms with E-state index in [9.17, 15) is 18.0 Å². The molecule has 0 saturated carbocycles. The van der Waals surface area contributed by atoms with Gasteiger partial charge in [0.05, 0.1) is 34.7 Å². The molecule has 0 aliphatic carbocycles. The van der Waals surface area contributed by atoms with Gasteiger partial charge in [-0.25, -0.2) is 13.1 Å². The van der Waals surface area contributed by atoms with Crippen LogP contribution in [-0.2, 0) is 19.5 Å². The highest BCUT2D eigenvalue weighted by atomic mass is 32.2. The molecule has 1 fully saturated rings. The van der Waals surface area contributed by atoms with Gasteiger partial charge >= 0.3 is 11.1 Å². The predicted octanol–water partition coefficient (Wildman–Crippen LogP) is -0.311. The molecule has 0 spiro atoms. The number of nitrogens with one attached hydrogen (secondary N) is 3. The Morgan fingerprint density at radius 2 is 1.96 bits per heavy atom. The van der Waals surface area contributed by atoms with Crippen molar-refractivity contribution in [1.29, 1.82) is 0 Å². The molecule has 0 radical (unpaired) electrons. The summed E-state index contributed by atoms with van der Waals surface area (Å²) in [7, 11) is -3.83. The van der Waals surface area contributed by atoms with Gasteiger partial charge in [0.2, 0.25) is 10.0 Å². The summed E-state index contributed by atoms with van der Waals surface area (Å²) in [6.45, 7) is 3.06. The van der Waals surface area contributed by atoms with E-state index in [1.807, 2.05) is 6.92 Å². The number of aromatic nitrogens is 2. The molecule has 2 aromatic rings. The van der Waals surface area contributed by atoms with Crippen LogP contribution in [0.3, 0.4) is 0 Å². The summed E-state index contributed by atoms with van der Waals surface area (Å²) in [6, 6.07) is 3.72. The number of benzene rings is 1. The molecule has 1 aliphatic heterocycles. The first-order chi connectivity index (χ1) is 11.9. The second-order valence-electron chi connectivity index (χ2n) is 5.70. The number of rotatable bonds is 5. The van der Waals surface area contributed by atoms with Crippen LogP contribution in [0.2, 0.25) is 0 Å². The van der Waals surface area contributed by atoms with Crippen molar-refractivity contribution in [3.8, 4) is 0 Å². The Morgan fingerprint density at radius 1 is 1.24 bits per heavy atom. The summed E-state index contributed by atoms with van der Waals surface area (Å²) >= 11 is 0. The SMILES string of the molecule is CCO[C@@H]1COCC[C@H]1NS(=O)(=O)c1ccc2[nH]c(=O)c(=O)[nH]c2c1. The third-order valence-electron chi connectivity index (χ3n) is 4.00. The van der Waals surface area contributed by atoms with Gasteiger partial charge in [-0.05, 0) is 31.5 Å². The molecule has 0 bridgehead atoms. The summed E-state index contributed by atoms with van der Waals surface area (Å²) in [6.07, 6.45) is 0.145. The van der Waals surface area contributed by atoms with Gasteiger partial charge in [-0.2, -0.15) is 0 Å². The van der Waals surface area contributed by atoms with E-state index in [0.29, 0.717) is 31.8 Å². The Balaban J connectivity index is 1.91. The predicted molar refractivity (Wildman–Crippen MR) is 90.1 cm³/mol. The Labute approximate surface area is 143 Å². The third-order valence-corrected chi connectivity index (χ3v) is 5.48. The monoisotopic (exact) mass is 369 g/mol. The first kappa shape index (κ1) is 17.8. The van der Waals surface area contributed by atoms with Gasteiger partial charge in [0, 0.05) is 13.2 Å². The summed E-state index contributed by atoms with van der Waals surface area (Å²) < 4.78 is 38.9. The fourth-order valence-electron chi connectivity index (χ4n) is 2.75. The van der Waals surface area contributed by atoms with Crippen LogP contribution >= 0.6 is 0 Å². The zero-order valence-electron chi connectivity index (χ0n) is 13.6.